The molecule has 0 saturated heterocycles. The van der Waals surface area contributed by atoms with Gasteiger partial charge in [-0.3, -0.25) is 4.79 Å². The van der Waals surface area contributed by atoms with E-state index in [1.54, 1.807) is 0 Å². The van der Waals surface area contributed by atoms with E-state index in [0.717, 1.165) is 12.0 Å². The predicted octanol–water partition coefficient (Wildman–Crippen LogP) is 3.92. The van der Waals surface area contributed by atoms with Gasteiger partial charge in [0, 0.05) is 5.56 Å². The predicted molar refractivity (Wildman–Crippen MR) is 79.7 cm³/mol. The van der Waals surface area contributed by atoms with Crippen molar-refractivity contribution < 1.29 is 4.79 Å². The first kappa shape index (κ1) is 14.3. The molecular weight excluding hydrogens is 234 g/mol. The number of nitrogens with one attached hydrogen (secondary N) is 1. The van der Waals surface area contributed by atoms with Crippen LogP contribution in [0.4, 0.5) is 0 Å². The molecule has 1 aliphatic rings. The summed E-state index contributed by atoms with van der Waals surface area (Å²) in [6.07, 6.45) is 7.53. The summed E-state index contributed by atoms with van der Waals surface area (Å²) in [4.78, 5) is 12.2. The van der Waals surface area contributed by atoms with Crippen LogP contribution in [0, 0.1) is 0 Å². The number of Topliss-reactive ketones (excluding diaryl/α,β-unsaturated/α-hetero) is 1. The molecule has 1 unspecified atom stereocenters. The summed E-state index contributed by atoms with van der Waals surface area (Å²) in [5, 5.41) is 3.08. The first-order chi connectivity index (χ1) is 9.26. The van der Waals surface area contributed by atoms with Crippen molar-refractivity contribution >= 4 is 5.78 Å². The lowest BCUT2D eigenvalue weighted by molar-refractivity contribution is 0.0945. The maximum absolute atomic E-state index is 12.2. The fourth-order valence-corrected chi connectivity index (χ4v) is 3.08. The van der Waals surface area contributed by atoms with Crippen molar-refractivity contribution in [3.8, 4) is 0 Å². The normalized spacial score (nSPS) is 18.2. The van der Waals surface area contributed by atoms with Gasteiger partial charge in [0.1, 0.15) is 0 Å². The average Bonchev–Trinajstić information content (AvgIpc) is 2.49. The molecule has 1 N–H and O–H groups in total. The van der Waals surface area contributed by atoms with Crippen LogP contribution in [0.3, 0.4) is 0 Å². The van der Waals surface area contributed by atoms with E-state index >= 15 is 0 Å². The van der Waals surface area contributed by atoms with Crippen LogP contribution in [0.15, 0.2) is 24.3 Å². The number of carbonyl (C=O) groups excluding carboxylic acids is 1. The third-order valence-corrected chi connectivity index (χ3v) is 4.34. The van der Waals surface area contributed by atoms with Gasteiger partial charge in [0.05, 0.1) is 6.04 Å². The van der Waals surface area contributed by atoms with Gasteiger partial charge in [0.25, 0.3) is 0 Å². The van der Waals surface area contributed by atoms with Gasteiger partial charge >= 0.3 is 0 Å². The SMILES string of the molecule is CCC(NC)C(=O)c1ccc(C2CCCCC2)cc1. The second-order valence-corrected chi connectivity index (χ2v) is 5.57. The summed E-state index contributed by atoms with van der Waals surface area (Å²) in [7, 11) is 1.85. The highest BCUT2D eigenvalue weighted by atomic mass is 16.1. The molecule has 0 spiro atoms. The van der Waals surface area contributed by atoms with Gasteiger partial charge < -0.3 is 5.32 Å². The van der Waals surface area contributed by atoms with Crippen molar-refractivity contribution in [2.75, 3.05) is 7.05 Å². The van der Waals surface area contributed by atoms with Crippen molar-refractivity contribution in [3.63, 3.8) is 0 Å². The summed E-state index contributed by atoms with van der Waals surface area (Å²) in [5.41, 5.74) is 2.24. The van der Waals surface area contributed by atoms with Crippen molar-refractivity contribution in [2.45, 2.75) is 57.4 Å². The van der Waals surface area contributed by atoms with Gasteiger partial charge in [0.2, 0.25) is 0 Å². The van der Waals surface area contributed by atoms with E-state index in [1.165, 1.54) is 37.7 Å². The molecule has 19 heavy (non-hydrogen) atoms. The van der Waals surface area contributed by atoms with Crippen molar-refractivity contribution in [3.05, 3.63) is 35.4 Å². The Hall–Kier alpha value is -1.15. The van der Waals surface area contributed by atoms with E-state index in [9.17, 15) is 4.79 Å². The van der Waals surface area contributed by atoms with Gasteiger partial charge in [-0.05, 0) is 37.8 Å². The smallest absolute Gasteiger partial charge is 0.179 e. The number of likely N-dealkylation sites (N-methyl/N-ethyl adjacent to an activating group) is 1. The molecule has 0 aliphatic heterocycles. The molecule has 1 aromatic rings. The van der Waals surface area contributed by atoms with E-state index in [2.05, 4.69) is 17.4 Å². The maximum Gasteiger partial charge on any atom is 0.179 e. The van der Waals surface area contributed by atoms with E-state index in [4.69, 9.17) is 0 Å². The molecule has 0 heterocycles. The molecule has 2 nitrogen and oxygen atoms in total. The first-order valence-corrected chi connectivity index (χ1v) is 7.57. The molecule has 104 valence electrons. The molecule has 1 saturated carbocycles. The third-order valence-electron chi connectivity index (χ3n) is 4.34. The summed E-state index contributed by atoms with van der Waals surface area (Å²) < 4.78 is 0. The van der Waals surface area contributed by atoms with E-state index in [-0.39, 0.29) is 11.8 Å². The molecule has 2 heteroatoms. The Kier molecular flexibility index (Phi) is 5.15. The van der Waals surface area contributed by atoms with Crippen molar-refractivity contribution in [1.29, 1.82) is 0 Å². The molecule has 1 aromatic carbocycles. The Balaban J connectivity index is 2.07. The van der Waals surface area contributed by atoms with Crippen LogP contribution < -0.4 is 5.32 Å². The van der Waals surface area contributed by atoms with Gasteiger partial charge in [-0.25, -0.2) is 0 Å². The lowest BCUT2D eigenvalue weighted by atomic mass is 9.83. The minimum Gasteiger partial charge on any atom is -0.310 e. The molecule has 1 aliphatic carbocycles. The zero-order valence-electron chi connectivity index (χ0n) is 12.1. The zero-order chi connectivity index (χ0) is 13.7. The molecule has 1 fully saturated rings. The quantitative estimate of drug-likeness (QED) is 0.812. The summed E-state index contributed by atoms with van der Waals surface area (Å²) in [6.45, 7) is 2.04. The van der Waals surface area contributed by atoms with E-state index in [0.29, 0.717) is 5.92 Å². The van der Waals surface area contributed by atoms with E-state index < -0.39 is 0 Å². The Morgan fingerprint density at radius 2 is 1.84 bits per heavy atom. The highest BCUT2D eigenvalue weighted by Gasteiger charge is 2.18. The van der Waals surface area contributed by atoms with Crippen LogP contribution in [-0.4, -0.2) is 18.9 Å². The lowest BCUT2D eigenvalue weighted by Gasteiger charge is -2.22. The van der Waals surface area contributed by atoms with Crippen molar-refractivity contribution in [2.24, 2.45) is 0 Å². The monoisotopic (exact) mass is 259 g/mol. The van der Waals surface area contributed by atoms with Gasteiger partial charge in [-0.15, -0.1) is 0 Å². The second kappa shape index (κ2) is 6.85. The fourth-order valence-electron chi connectivity index (χ4n) is 3.08. The molecule has 2 rings (SSSR count). The number of ketones is 1. The zero-order valence-corrected chi connectivity index (χ0v) is 12.1. The van der Waals surface area contributed by atoms with Gasteiger partial charge in [-0.1, -0.05) is 50.5 Å². The molecule has 0 radical (unpaired) electrons. The largest absolute Gasteiger partial charge is 0.310 e. The number of hydrogen-bond acceptors (Lipinski definition) is 2. The lowest BCUT2D eigenvalue weighted by Crippen LogP contribution is -2.33. The third kappa shape index (κ3) is 3.44. The van der Waals surface area contributed by atoms with Crippen LogP contribution >= 0.6 is 0 Å². The highest BCUT2D eigenvalue weighted by molar-refractivity contribution is 6.00. The maximum atomic E-state index is 12.2. The van der Waals surface area contributed by atoms with Gasteiger partial charge in [0.15, 0.2) is 5.78 Å². The van der Waals surface area contributed by atoms with Crippen LogP contribution in [0.2, 0.25) is 0 Å². The summed E-state index contributed by atoms with van der Waals surface area (Å²) in [6, 6.07) is 8.27. The molecule has 0 amide bonds. The Morgan fingerprint density at radius 1 is 1.21 bits per heavy atom. The molecular formula is C17H25NO. The number of rotatable bonds is 5. The Labute approximate surface area is 116 Å². The molecule has 1 atom stereocenters. The Morgan fingerprint density at radius 3 is 2.37 bits per heavy atom. The van der Waals surface area contributed by atoms with Crippen LogP contribution in [-0.2, 0) is 0 Å². The second-order valence-electron chi connectivity index (χ2n) is 5.57. The standard InChI is InChI=1S/C17H25NO/c1-3-16(18-2)17(19)15-11-9-14(10-12-15)13-7-5-4-6-8-13/h9-13,16,18H,3-8H2,1-2H3. The highest BCUT2D eigenvalue weighted by Crippen LogP contribution is 2.32. The number of carbonyl (C=O) groups is 1. The minimum absolute atomic E-state index is 0.0551. The number of benzene rings is 1. The van der Waals surface area contributed by atoms with E-state index in [1.807, 2.05) is 26.1 Å². The van der Waals surface area contributed by atoms with Crippen LogP contribution in [0.5, 0.6) is 0 Å². The summed E-state index contributed by atoms with van der Waals surface area (Å²) in [5.74, 6) is 0.921. The Bertz CT molecular complexity index is 400. The average molecular weight is 259 g/mol. The van der Waals surface area contributed by atoms with Crippen molar-refractivity contribution in [1.82, 2.24) is 5.32 Å². The summed E-state index contributed by atoms with van der Waals surface area (Å²) >= 11 is 0. The van der Waals surface area contributed by atoms with Crippen LogP contribution in [0.25, 0.3) is 0 Å². The number of hydrogen-bond donors (Lipinski definition) is 1. The van der Waals surface area contributed by atoms with Gasteiger partial charge in [-0.2, -0.15) is 0 Å². The molecule has 0 bridgehead atoms. The minimum atomic E-state index is -0.0551. The first-order valence-electron chi connectivity index (χ1n) is 7.57. The molecule has 0 aromatic heterocycles. The fraction of sp³-hybridized carbons (Fsp3) is 0.588. The topological polar surface area (TPSA) is 29.1 Å². The van der Waals surface area contributed by atoms with Crippen LogP contribution in [0.1, 0.15) is 67.3 Å².